The van der Waals surface area contributed by atoms with Crippen LogP contribution in [0, 0.1) is 11.7 Å². The van der Waals surface area contributed by atoms with E-state index in [0.29, 0.717) is 5.69 Å². The van der Waals surface area contributed by atoms with Gasteiger partial charge in [-0.05, 0) is 30.2 Å². The molecule has 3 aromatic rings. The number of aromatic nitrogens is 2. The molecule has 1 atom stereocenters. The van der Waals surface area contributed by atoms with E-state index < -0.39 is 28.8 Å². The Morgan fingerprint density at radius 3 is 2.61 bits per heavy atom. The van der Waals surface area contributed by atoms with E-state index in [-0.39, 0.29) is 40.1 Å². The second kappa shape index (κ2) is 8.91. The van der Waals surface area contributed by atoms with Crippen LogP contribution in [-0.4, -0.2) is 39.5 Å². The van der Waals surface area contributed by atoms with Crippen LogP contribution in [0.25, 0.3) is 11.0 Å². The van der Waals surface area contributed by atoms with Crippen LogP contribution in [0.5, 0.6) is 5.88 Å². The SMILES string of the molecule is COc1nc2c(cc1Nc1ccc(F)c(Cl)c1)c(=O)c(C(=O)O)cn2C(CO)C(C)C. The maximum atomic E-state index is 13.5. The van der Waals surface area contributed by atoms with Crippen molar-refractivity contribution in [1.82, 2.24) is 9.55 Å². The van der Waals surface area contributed by atoms with Crippen LogP contribution in [0.1, 0.15) is 30.2 Å². The third-order valence-electron chi connectivity index (χ3n) is 4.91. The highest BCUT2D eigenvalue weighted by atomic mass is 35.5. The Balaban J connectivity index is 2.29. The van der Waals surface area contributed by atoms with Crippen LogP contribution in [0.15, 0.2) is 35.3 Å². The van der Waals surface area contributed by atoms with E-state index in [2.05, 4.69) is 10.3 Å². The lowest BCUT2D eigenvalue weighted by Gasteiger charge is -2.24. The Hall–Kier alpha value is -3.17. The standard InChI is InChI=1S/C21H21ClFN3O5/c1-10(2)17(9-27)26-8-13(21(29)30)18(28)12-7-16(20(31-3)25-19(12)26)24-11-4-5-15(23)14(22)6-11/h4-8,10,17,24,27H,9H2,1-3H3,(H,29,30). The van der Waals surface area contributed by atoms with Gasteiger partial charge in [-0.15, -0.1) is 0 Å². The number of benzene rings is 1. The average Bonchev–Trinajstić information content (AvgIpc) is 2.72. The van der Waals surface area contributed by atoms with Crippen molar-refractivity contribution < 1.29 is 24.1 Å². The molecule has 0 saturated heterocycles. The molecule has 0 saturated carbocycles. The van der Waals surface area contributed by atoms with Gasteiger partial charge in [0.05, 0.1) is 30.2 Å². The summed E-state index contributed by atoms with van der Waals surface area (Å²) in [6.45, 7) is 3.43. The molecule has 31 heavy (non-hydrogen) atoms. The van der Waals surface area contributed by atoms with Gasteiger partial charge in [0.2, 0.25) is 11.3 Å². The number of hydrogen-bond acceptors (Lipinski definition) is 6. The van der Waals surface area contributed by atoms with Gasteiger partial charge in [0, 0.05) is 11.9 Å². The van der Waals surface area contributed by atoms with Gasteiger partial charge in [-0.1, -0.05) is 25.4 Å². The number of methoxy groups -OCH3 is 1. The molecule has 1 aromatic carbocycles. The number of carbonyl (C=O) groups is 1. The molecule has 0 bridgehead atoms. The quantitative estimate of drug-likeness (QED) is 0.502. The van der Waals surface area contributed by atoms with Crippen molar-refractivity contribution in [3.63, 3.8) is 0 Å². The van der Waals surface area contributed by atoms with Crippen molar-refractivity contribution in [2.24, 2.45) is 5.92 Å². The number of fused-ring (bicyclic) bond motifs is 1. The highest BCUT2D eigenvalue weighted by Crippen LogP contribution is 2.32. The van der Waals surface area contributed by atoms with Crippen molar-refractivity contribution in [2.45, 2.75) is 19.9 Å². The minimum absolute atomic E-state index is 0.0236. The van der Waals surface area contributed by atoms with Gasteiger partial charge in [-0.2, -0.15) is 4.98 Å². The predicted molar refractivity (Wildman–Crippen MR) is 115 cm³/mol. The van der Waals surface area contributed by atoms with Crippen LogP contribution in [-0.2, 0) is 0 Å². The Labute approximate surface area is 181 Å². The van der Waals surface area contributed by atoms with Crippen LogP contribution < -0.4 is 15.5 Å². The fraction of sp³-hybridized carbons (Fsp3) is 0.286. The predicted octanol–water partition coefficient (Wildman–Crippen LogP) is 3.83. The molecule has 0 amide bonds. The minimum atomic E-state index is -1.39. The first kappa shape index (κ1) is 22.5. The zero-order valence-electron chi connectivity index (χ0n) is 17.0. The van der Waals surface area contributed by atoms with Crippen molar-refractivity contribution in [1.29, 1.82) is 0 Å². The van der Waals surface area contributed by atoms with E-state index in [1.807, 2.05) is 13.8 Å². The van der Waals surface area contributed by atoms with E-state index in [4.69, 9.17) is 16.3 Å². The molecule has 3 rings (SSSR count). The summed E-state index contributed by atoms with van der Waals surface area (Å²) in [5.41, 5.74) is -0.337. The fourth-order valence-corrected chi connectivity index (χ4v) is 3.44. The molecule has 1 unspecified atom stereocenters. The zero-order valence-corrected chi connectivity index (χ0v) is 17.8. The highest BCUT2D eigenvalue weighted by molar-refractivity contribution is 6.31. The summed E-state index contributed by atoms with van der Waals surface area (Å²) in [7, 11) is 1.39. The number of rotatable bonds is 7. The zero-order chi connectivity index (χ0) is 22.9. The molecular weight excluding hydrogens is 429 g/mol. The summed E-state index contributed by atoms with van der Waals surface area (Å²) < 4.78 is 20.3. The molecule has 10 heteroatoms. The number of nitrogens with one attached hydrogen (secondary N) is 1. The van der Waals surface area contributed by atoms with Gasteiger partial charge >= 0.3 is 5.97 Å². The Morgan fingerprint density at radius 2 is 2.06 bits per heavy atom. The maximum absolute atomic E-state index is 13.5. The summed E-state index contributed by atoms with van der Waals surface area (Å²) in [5.74, 6) is -1.95. The monoisotopic (exact) mass is 449 g/mol. The van der Waals surface area contributed by atoms with Crippen molar-refractivity contribution in [2.75, 3.05) is 19.0 Å². The van der Waals surface area contributed by atoms with Gasteiger partial charge < -0.3 is 24.8 Å². The smallest absolute Gasteiger partial charge is 0.341 e. The number of aliphatic hydroxyl groups excluding tert-OH is 1. The molecule has 3 N–H and O–H groups in total. The summed E-state index contributed by atoms with van der Waals surface area (Å²) in [4.78, 5) is 29.0. The van der Waals surface area contributed by atoms with E-state index in [1.54, 1.807) is 0 Å². The number of aliphatic hydroxyl groups is 1. The molecule has 0 spiro atoms. The Bertz CT molecular complexity index is 1210. The lowest BCUT2D eigenvalue weighted by molar-refractivity contribution is 0.0694. The topological polar surface area (TPSA) is 114 Å². The number of pyridine rings is 2. The number of carboxylic acid groups (broad SMARTS) is 1. The van der Waals surface area contributed by atoms with Gasteiger partial charge in [0.1, 0.15) is 22.7 Å². The van der Waals surface area contributed by atoms with Crippen LogP contribution in [0.4, 0.5) is 15.8 Å². The highest BCUT2D eigenvalue weighted by Gasteiger charge is 2.23. The third-order valence-corrected chi connectivity index (χ3v) is 5.20. The normalized spacial score (nSPS) is 12.2. The number of hydrogen-bond donors (Lipinski definition) is 3. The Morgan fingerprint density at radius 1 is 1.35 bits per heavy atom. The summed E-state index contributed by atoms with van der Waals surface area (Å²) in [6, 6.07) is 4.87. The second-order valence-corrected chi connectivity index (χ2v) is 7.66. The van der Waals surface area contributed by atoms with Gasteiger partial charge in [0.25, 0.3) is 0 Å². The molecule has 2 aromatic heterocycles. The minimum Gasteiger partial charge on any atom is -0.479 e. The largest absolute Gasteiger partial charge is 0.479 e. The summed E-state index contributed by atoms with van der Waals surface area (Å²) >= 11 is 5.83. The second-order valence-electron chi connectivity index (χ2n) is 7.25. The van der Waals surface area contributed by atoms with Gasteiger partial charge in [-0.3, -0.25) is 4.79 Å². The lowest BCUT2D eigenvalue weighted by Crippen LogP contribution is -2.26. The van der Waals surface area contributed by atoms with Crippen molar-refractivity contribution >= 4 is 40.0 Å². The molecule has 0 aliphatic rings. The van der Waals surface area contributed by atoms with Crippen LogP contribution in [0.3, 0.4) is 0 Å². The molecule has 0 aliphatic carbocycles. The van der Waals surface area contributed by atoms with E-state index in [0.717, 1.165) is 0 Å². The summed E-state index contributed by atoms with van der Waals surface area (Å²) in [6.07, 6.45) is 1.19. The molecule has 0 fully saturated rings. The first-order chi connectivity index (χ1) is 14.7. The van der Waals surface area contributed by atoms with E-state index >= 15 is 0 Å². The molecular formula is C21H21ClFN3O5. The first-order valence-electron chi connectivity index (χ1n) is 9.38. The number of halogens is 2. The van der Waals surface area contributed by atoms with Crippen LogP contribution >= 0.6 is 11.6 Å². The maximum Gasteiger partial charge on any atom is 0.341 e. The molecule has 2 heterocycles. The van der Waals surface area contributed by atoms with Crippen LogP contribution in [0.2, 0.25) is 5.02 Å². The number of anilines is 2. The molecule has 8 nitrogen and oxygen atoms in total. The summed E-state index contributed by atoms with van der Waals surface area (Å²) in [5, 5.41) is 22.3. The van der Waals surface area contributed by atoms with E-state index in [1.165, 1.54) is 42.1 Å². The lowest BCUT2D eigenvalue weighted by atomic mass is 10.0. The molecule has 0 aliphatic heterocycles. The molecule has 0 radical (unpaired) electrons. The van der Waals surface area contributed by atoms with E-state index in [9.17, 15) is 24.2 Å². The van der Waals surface area contributed by atoms with Gasteiger partial charge in [0.15, 0.2) is 0 Å². The number of aromatic carboxylic acids is 1. The third kappa shape index (κ3) is 4.33. The average molecular weight is 450 g/mol. The number of nitrogens with zero attached hydrogens (tertiary/aromatic N) is 2. The Kier molecular flexibility index (Phi) is 6.47. The number of carboxylic acids is 1. The van der Waals surface area contributed by atoms with Crippen molar-refractivity contribution in [3.8, 4) is 5.88 Å². The molecule has 164 valence electrons. The van der Waals surface area contributed by atoms with Gasteiger partial charge in [-0.25, -0.2) is 9.18 Å². The fourth-order valence-electron chi connectivity index (χ4n) is 3.25. The number of ether oxygens (including phenoxy) is 1. The van der Waals surface area contributed by atoms with Crippen molar-refractivity contribution in [3.05, 3.63) is 57.1 Å². The first-order valence-corrected chi connectivity index (χ1v) is 9.75.